The first-order valence-corrected chi connectivity index (χ1v) is 15.4. The van der Waals surface area contributed by atoms with Crippen LogP contribution in [0, 0.1) is 0 Å². The number of anilines is 4. The fraction of sp³-hybridized carbons (Fsp3) is 0.176. The van der Waals surface area contributed by atoms with Crippen molar-refractivity contribution < 1.29 is 4.79 Å². The SMILES string of the molecule is O=C(Cc1ccccc1)Nc1cccc(-c2nc3sccn3c2-c2ccnc(Nc3ccc(N4CCCCC4)cc3)n2)c1. The van der Waals surface area contributed by atoms with Gasteiger partial charge in [-0.25, -0.2) is 15.0 Å². The number of benzene rings is 3. The molecule has 0 bridgehead atoms. The van der Waals surface area contributed by atoms with Crippen LogP contribution in [0.1, 0.15) is 24.8 Å². The molecule has 3 aromatic carbocycles. The summed E-state index contributed by atoms with van der Waals surface area (Å²) < 4.78 is 2.06. The number of aromatic nitrogens is 4. The molecule has 214 valence electrons. The molecule has 1 aliphatic rings. The van der Waals surface area contributed by atoms with E-state index in [1.165, 1.54) is 24.9 Å². The van der Waals surface area contributed by atoms with Crippen molar-refractivity contribution in [3.05, 3.63) is 108 Å². The van der Waals surface area contributed by atoms with Gasteiger partial charge in [-0.3, -0.25) is 9.20 Å². The van der Waals surface area contributed by atoms with Crippen LogP contribution >= 0.6 is 11.3 Å². The van der Waals surface area contributed by atoms with E-state index in [4.69, 9.17) is 9.97 Å². The summed E-state index contributed by atoms with van der Waals surface area (Å²) in [6, 6.07) is 27.9. The molecule has 0 saturated carbocycles. The Bertz CT molecular complexity index is 1860. The average molecular weight is 586 g/mol. The van der Waals surface area contributed by atoms with Gasteiger partial charge in [0, 0.05) is 53.5 Å². The zero-order chi connectivity index (χ0) is 29.0. The number of carbonyl (C=O) groups excluding carboxylic acids is 1. The molecule has 0 unspecified atom stereocenters. The van der Waals surface area contributed by atoms with Gasteiger partial charge in [0.15, 0.2) is 4.96 Å². The van der Waals surface area contributed by atoms with E-state index in [0.29, 0.717) is 12.4 Å². The standard InChI is InChI=1S/C34H31N7OS/c42-30(22-24-8-3-1-4-9-24)36-27-11-7-10-25(23-27)31-32(41-20-21-43-34(41)39-31)29-16-17-35-33(38-29)37-26-12-14-28(15-13-26)40-18-5-2-6-19-40/h1,3-4,7-17,20-21,23H,2,5-6,18-19,22H2,(H,36,42)(H,35,37,38). The van der Waals surface area contributed by atoms with Gasteiger partial charge in [-0.1, -0.05) is 42.5 Å². The third-order valence-electron chi connectivity index (χ3n) is 7.63. The van der Waals surface area contributed by atoms with Crippen molar-refractivity contribution in [1.82, 2.24) is 19.4 Å². The zero-order valence-corrected chi connectivity index (χ0v) is 24.4. The number of fused-ring (bicyclic) bond motifs is 1. The van der Waals surface area contributed by atoms with Crippen molar-refractivity contribution in [2.24, 2.45) is 0 Å². The van der Waals surface area contributed by atoms with Crippen molar-refractivity contribution in [3.8, 4) is 22.6 Å². The van der Waals surface area contributed by atoms with Crippen LogP contribution in [0.15, 0.2) is 103 Å². The van der Waals surface area contributed by atoms with Crippen LogP contribution in [0.4, 0.5) is 23.0 Å². The second-order valence-corrected chi connectivity index (χ2v) is 11.5. The van der Waals surface area contributed by atoms with Crippen LogP contribution in [-0.2, 0) is 11.2 Å². The molecular weight excluding hydrogens is 554 g/mol. The van der Waals surface area contributed by atoms with Crippen LogP contribution in [-0.4, -0.2) is 38.3 Å². The van der Waals surface area contributed by atoms with Gasteiger partial charge in [0.1, 0.15) is 5.69 Å². The molecule has 2 N–H and O–H groups in total. The molecule has 7 rings (SSSR count). The van der Waals surface area contributed by atoms with Crippen molar-refractivity contribution >= 4 is 45.2 Å². The lowest BCUT2D eigenvalue weighted by atomic mass is 10.1. The van der Waals surface area contributed by atoms with E-state index >= 15 is 0 Å². The van der Waals surface area contributed by atoms with E-state index in [1.807, 2.05) is 72.2 Å². The molecule has 43 heavy (non-hydrogen) atoms. The highest BCUT2D eigenvalue weighted by molar-refractivity contribution is 7.15. The molecule has 0 atom stereocenters. The fourth-order valence-electron chi connectivity index (χ4n) is 5.55. The number of piperidine rings is 1. The predicted octanol–water partition coefficient (Wildman–Crippen LogP) is 7.43. The fourth-order valence-corrected chi connectivity index (χ4v) is 6.26. The summed E-state index contributed by atoms with van der Waals surface area (Å²) in [5.74, 6) is 0.450. The van der Waals surface area contributed by atoms with E-state index in [-0.39, 0.29) is 5.91 Å². The number of thiazole rings is 1. The smallest absolute Gasteiger partial charge is 0.228 e. The summed E-state index contributed by atoms with van der Waals surface area (Å²) in [6.45, 7) is 2.23. The first kappa shape index (κ1) is 26.9. The number of carbonyl (C=O) groups is 1. The van der Waals surface area contributed by atoms with Gasteiger partial charge in [0.2, 0.25) is 11.9 Å². The molecular formula is C34H31N7OS. The normalized spacial score (nSPS) is 13.3. The average Bonchev–Trinajstić information content (AvgIpc) is 3.65. The molecule has 0 radical (unpaired) electrons. The molecule has 0 aliphatic carbocycles. The lowest BCUT2D eigenvalue weighted by molar-refractivity contribution is -0.115. The highest BCUT2D eigenvalue weighted by atomic mass is 32.1. The Morgan fingerprint density at radius 2 is 1.70 bits per heavy atom. The maximum absolute atomic E-state index is 12.7. The van der Waals surface area contributed by atoms with Gasteiger partial charge < -0.3 is 15.5 Å². The Morgan fingerprint density at radius 1 is 0.860 bits per heavy atom. The summed E-state index contributed by atoms with van der Waals surface area (Å²) in [5.41, 5.74) is 7.19. The number of amides is 1. The molecule has 1 aliphatic heterocycles. The van der Waals surface area contributed by atoms with Crippen LogP contribution in [0.5, 0.6) is 0 Å². The van der Waals surface area contributed by atoms with Crippen LogP contribution in [0.25, 0.3) is 27.6 Å². The Kier molecular flexibility index (Phi) is 7.54. The number of hydrogen-bond donors (Lipinski definition) is 2. The van der Waals surface area contributed by atoms with Gasteiger partial charge in [-0.15, -0.1) is 11.3 Å². The maximum Gasteiger partial charge on any atom is 0.228 e. The Morgan fingerprint density at radius 3 is 2.53 bits per heavy atom. The quantitative estimate of drug-likeness (QED) is 0.193. The predicted molar refractivity (Wildman–Crippen MR) is 174 cm³/mol. The van der Waals surface area contributed by atoms with Crippen LogP contribution in [0.2, 0.25) is 0 Å². The second-order valence-electron chi connectivity index (χ2n) is 10.6. The summed E-state index contributed by atoms with van der Waals surface area (Å²) in [5, 5.41) is 8.43. The highest BCUT2D eigenvalue weighted by Gasteiger charge is 2.19. The molecule has 1 fully saturated rings. The van der Waals surface area contributed by atoms with Crippen LogP contribution in [0.3, 0.4) is 0 Å². The van der Waals surface area contributed by atoms with E-state index in [1.54, 1.807) is 17.5 Å². The van der Waals surface area contributed by atoms with Gasteiger partial charge in [-0.2, -0.15) is 0 Å². The van der Waals surface area contributed by atoms with Gasteiger partial charge in [0.25, 0.3) is 0 Å². The van der Waals surface area contributed by atoms with E-state index in [2.05, 4.69) is 49.2 Å². The lowest BCUT2D eigenvalue weighted by Gasteiger charge is -2.28. The molecule has 4 heterocycles. The van der Waals surface area contributed by atoms with Crippen molar-refractivity contribution in [2.45, 2.75) is 25.7 Å². The highest BCUT2D eigenvalue weighted by Crippen LogP contribution is 2.35. The molecule has 6 aromatic rings. The molecule has 1 amide bonds. The van der Waals surface area contributed by atoms with Gasteiger partial charge in [-0.05, 0) is 67.3 Å². The van der Waals surface area contributed by atoms with Crippen molar-refractivity contribution in [2.75, 3.05) is 28.6 Å². The monoisotopic (exact) mass is 585 g/mol. The first-order chi connectivity index (χ1) is 21.2. The summed E-state index contributed by atoms with van der Waals surface area (Å²) >= 11 is 1.57. The molecule has 8 nitrogen and oxygen atoms in total. The number of rotatable bonds is 8. The summed E-state index contributed by atoms with van der Waals surface area (Å²) in [7, 11) is 0. The van der Waals surface area contributed by atoms with Crippen molar-refractivity contribution in [1.29, 1.82) is 0 Å². The van der Waals surface area contributed by atoms with Crippen molar-refractivity contribution in [3.63, 3.8) is 0 Å². The van der Waals surface area contributed by atoms with E-state index < -0.39 is 0 Å². The third kappa shape index (κ3) is 5.98. The van der Waals surface area contributed by atoms with E-state index in [0.717, 1.165) is 57.6 Å². The molecule has 1 saturated heterocycles. The number of nitrogens with zero attached hydrogens (tertiary/aromatic N) is 5. The largest absolute Gasteiger partial charge is 0.372 e. The second kappa shape index (κ2) is 12.1. The number of imidazole rings is 1. The lowest BCUT2D eigenvalue weighted by Crippen LogP contribution is -2.29. The minimum atomic E-state index is -0.0649. The molecule has 0 spiro atoms. The molecule has 9 heteroatoms. The Hall–Kier alpha value is -5.02. The van der Waals surface area contributed by atoms with Gasteiger partial charge in [0.05, 0.1) is 17.8 Å². The third-order valence-corrected chi connectivity index (χ3v) is 8.39. The zero-order valence-electron chi connectivity index (χ0n) is 23.6. The number of nitrogens with one attached hydrogen (secondary N) is 2. The molecule has 3 aromatic heterocycles. The van der Waals surface area contributed by atoms with Crippen LogP contribution < -0.4 is 15.5 Å². The summed E-state index contributed by atoms with van der Waals surface area (Å²) in [6.07, 6.45) is 7.91. The Labute approximate surface area is 254 Å². The minimum Gasteiger partial charge on any atom is -0.372 e. The number of hydrogen-bond acceptors (Lipinski definition) is 7. The van der Waals surface area contributed by atoms with E-state index in [9.17, 15) is 4.79 Å². The maximum atomic E-state index is 12.7. The van der Waals surface area contributed by atoms with Gasteiger partial charge >= 0.3 is 0 Å². The first-order valence-electron chi connectivity index (χ1n) is 14.5. The topological polar surface area (TPSA) is 87.5 Å². The minimum absolute atomic E-state index is 0.0649. The summed E-state index contributed by atoms with van der Waals surface area (Å²) in [4.78, 5) is 30.4. The Balaban J connectivity index is 1.14.